The first-order chi connectivity index (χ1) is 21.3. The molecule has 44 heavy (non-hydrogen) atoms. The zero-order valence-electron chi connectivity index (χ0n) is 26.1. The van der Waals surface area contributed by atoms with Gasteiger partial charge in [-0.15, -0.1) is 0 Å². The van der Waals surface area contributed by atoms with Crippen LogP contribution in [0.2, 0.25) is 0 Å². The minimum atomic E-state index is -0.725. The molecule has 0 unspecified atom stereocenters. The van der Waals surface area contributed by atoms with Crippen LogP contribution in [0.1, 0.15) is 112 Å². The maximum atomic E-state index is 12.4. The standard InChI is InChI=1S/C24H38O4.C12H10O4/c1-3-5-7-9-11-15-19-27-23(25)21-17-13-14-18-22(21)24(26)28-20-16-12-10-8-6-4-2;13-9-6-8(7-4-2-1-3-5-7)10(14)12(16)11(9)15/h13-14,17-18H,3-12,15-16,19-20H2,1-2H3;1-6,13-16H. The van der Waals surface area contributed by atoms with E-state index in [9.17, 15) is 30.0 Å². The number of phenolic OH excluding ortho intramolecular Hbond substituents is 4. The molecule has 0 fully saturated rings. The van der Waals surface area contributed by atoms with Crippen molar-refractivity contribution >= 4 is 11.9 Å². The average Bonchev–Trinajstić information content (AvgIpc) is 3.05. The quantitative estimate of drug-likeness (QED) is 0.0517. The number of carbonyl (C=O) groups excluding carboxylic acids is 2. The van der Waals surface area contributed by atoms with Crippen molar-refractivity contribution in [1.82, 2.24) is 0 Å². The summed E-state index contributed by atoms with van der Waals surface area (Å²) in [6.45, 7) is 5.17. The summed E-state index contributed by atoms with van der Waals surface area (Å²) < 4.78 is 10.7. The predicted molar refractivity (Wildman–Crippen MR) is 172 cm³/mol. The minimum absolute atomic E-state index is 0.258. The second kappa shape index (κ2) is 20.7. The van der Waals surface area contributed by atoms with Gasteiger partial charge in [0.2, 0.25) is 11.5 Å². The Hall–Kier alpha value is -4.20. The number of rotatable bonds is 17. The van der Waals surface area contributed by atoms with Crippen molar-refractivity contribution in [3.8, 4) is 34.1 Å². The number of hydrogen-bond acceptors (Lipinski definition) is 8. The maximum absolute atomic E-state index is 12.4. The summed E-state index contributed by atoms with van der Waals surface area (Å²) in [5, 5.41) is 37.5. The molecule has 8 nitrogen and oxygen atoms in total. The van der Waals surface area contributed by atoms with E-state index in [0.29, 0.717) is 29.9 Å². The van der Waals surface area contributed by atoms with Gasteiger partial charge in [0, 0.05) is 5.56 Å². The van der Waals surface area contributed by atoms with E-state index in [0.717, 1.165) is 25.7 Å². The molecule has 0 atom stereocenters. The second-order valence-electron chi connectivity index (χ2n) is 10.7. The van der Waals surface area contributed by atoms with Gasteiger partial charge in [0.05, 0.1) is 24.3 Å². The van der Waals surface area contributed by atoms with E-state index in [1.165, 1.54) is 57.4 Å². The molecule has 0 aliphatic heterocycles. The molecule has 4 N–H and O–H groups in total. The van der Waals surface area contributed by atoms with Crippen molar-refractivity contribution in [1.29, 1.82) is 0 Å². The first-order valence-corrected chi connectivity index (χ1v) is 15.8. The van der Waals surface area contributed by atoms with Crippen LogP contribution < -0.4 is 0 Å². The van der Waals surface area contributed by atoms with Gasteiger partial charge in [-0.25, -0.2) is 9.59 Å². The molecule has 3 rings (SSSR count). The fourth-order valence-electron chi connectivity index (χ4n) is 4.56. The van der Waals surface area contributed by atoms with Crippen molar-refractivity contribution in [3.05, 3.63) is 71.8 Å². The van der Waals surface area contributed by atoms with Crippen LogP contribution in [-0.4, -0.2) is 45.6 Å². The number of esters is 2. The fourth-order valence-corrected chi connectivity index (χ4v) is 4.56. The van der Waals surface area contributed by atoms with Gasteiger partial charge in [-0.1, -0.05) is 121 Å². The van der Waals surface area contributed by atoms with Crippen molar-refractivity contribution in [2.24, 2.45) is 0 Å². The third-order valence-corrected chi connectivity index (χ3v) is 7.14. The smallest absolute Gasteiger partial charge is 0.339 e. The fraction of sp³-hybridized carbons (Fsp3) is 0.444. The number of ether oxygens (including phenoxy) is 2. The van der Waals surface area contributed by atoms with E-state index in [1.54, 1.807) is 54.6 Å². The van der Waals surface area contributed by atoms with Gasteiger partial charge in [-0.3, -0.25) is 0 Å². The highest BCUT2D eigenvalue weighted by atomic mass is 16.5. The topological polar surface area (TPSA) is 134 Å². The van der Waals surface area contributed by atoms with Crippen LogP contribution in [0.15, 0.2) is 60.7 Å². The van der Waals surface area contributed by atoms with Crippen LogP contribution in [0.5, 0.6) is 23.0 Å². The summed E-state index contributed by atoms with van der Waals surface area (Å²) in [5.74, 6) is -3.27. The highest BCUT2D eigenvalue weighted by Crippen LogP contribution is 2.47. The van der Waals surface area contributed by atoms with Gasteiger partial charge >= 0.3 is 11.9 Å². The Balaban J connectivity index is 0.000000354. The Morgan fingerprint density at radius 3 is 1.45 bits per heavy atom. The first-order valence-electron chi connectivity index (χ1n) is 15.8. The van der Waals surface area contributed by atoms with Crippen LogP contribution >= 0.6 is 0 Å². The summed E-state index contributed by atoms with van der Waals surface area (Å²) in [6, 6.07) is 16.7. The van der Waals surface area contributed by atoms with E-state index >= 15 is 0 Å². The van der Waals surface area contributed by atoms with Crippen molar-refractivity contribution in [3.63, 3.8) is 0 Å². The molecule has 3 aromatic rings. The van der Waals surface area contributed by atoms with E-state index in [2.05, 4.69) is 13.8 Å². The lowest BCUT2D eigenvalue weighted by Gasteiger charge is -2.10. The Labute approximate surface area is 261 Å². The molecule has 3 aromatic carbocycles. The van der Waals surface area contributed by atoms with Crippen LogP contribution in [0.3, 0.4) is 0 Å². The van der Waals surface area contributed by atoms with Crippen molar-refractivity contribution in [2.75, 3.05) is 13.2 Å². The highest BCUT2D eigenvalue weighted by molar-refractivity contribution is 6.03. The van der Waals surface area contributed by atoms with Crippen LogP contribution in [0, 0.1) is 0 Å². The van der Waals surface area contributed by atoms with Gasteiger partial charge in [0.1, 0.15) is 0 Å². The molecular weight excluding hydrogens is 560 g/mol. The Morgan fingerprint density at radius 2 is 0.977 bits per heavy atom. The number of hydrogen-bond donors (Lipinski definition) is 4. The van der Waals surface area contributed by atoms with Gasteiger partial charge in [0.15, 0.2) is 11.5 Å². The number of unbranched alkanes of at least 4 members (excludes halogenated alkanes) is 10. The lowest BCUT2D eigenvalue weighted by atomic mass is 10.0. The number of carbonyl (C=O) groups is 2. The van der Waals surface area contributed by atoms with Gasteiger partial charge in [-0.2, -0.15) is 0 Å². The van der Waals surface area contributed by atoms with Gasteiger partial charge in [0.25, 0.3) is 0 Å². The molecule has 0 saturated heterocycles. The third kappa shape index (κ3) is 12.2. The zero-order valence-corrected chi connectivity index (χ0v) is 26.1. The Morgan fingerprint density at radius 1 is 0.545 bits per heavy atom. The molecule has 0 amide bonds. The Bertz CT molecular complexity index is 1220. The molecule has 8 heteroatoms. The molecule has 0 aliphatic rings. The van der Waals surface area contributed by atoms with E-state index in [1.807, 2.05) is 0 Å². The summed E-state index contributed by atoms with van der Waals surface area (Å²) >= 11 is 0. The normalized spacial score (nSPS) is 10.5. The zero-order chi connectivity index (χ0) is 32.2. The summed E-state index contributed by atoms with van der Waals surface area (Å²) in [7, 11) is 0. The van der Waals surface area contributed by atoms with Gasteiger partial charge < -0.3 is 29.9 Å². The van der Waals surface area contributed by atoms with E-state index < -0.39 is 34.9 Å². The average molecular weight is 609 g/mol. The van der Waals surface area contributed by atoms with Crippen LogP contribution in [0.25, 0.3) is 11.1 Å². The molecule has 0 saturated carbocycles. The largest absolute Gasteiger partial charge is 0.504 e. The lowest BCUT2D eigenvalue weighted by molar-refractivity contribution is 0.0450. The minimum Gasteiger partial charge on any atom is -0.504 e. The molecule has 240 valence electrons. The highest BCUT2D eigenvalue weighted by Gasteiger charge is 2.19. The lowest BCUT2D eigenvalue weighted by Crippen LogP contribution is -2.15. The van der Waals surface area contributed by atoms with E-state index in [-0.39, 0.29) is 5.56 Å². The van der Waals surface area contributed by atoms with E-state index in [4.69, 9.17) is 9.47 Å². The molecule has 0 heterocycles. The van der Waals surface area contributed by atoms with Crippen molar-refractivity contribution < 1.29 is 39.5 Å². The SMILES string of the molecule is CCCCCCCCOC(=O)c1ccccc1C(=O)OCCCCCCCC.Oc1cc(-c2ccccc2)c(O)c(O)c1O. The molecular formula is C36H48O8. The predicted octanol–water partition coefficient (Wildman–Crippen LogP) is 8.90. The van der Waals surface area contributed by atoms with Crippen LogP contribution in [-0.2, 0) is 9.47 Å². The summed E-state index contributed by atoms with van der Waals surface area (Å²) in [6.07, 6.45) is 13.6. The monoisotopic (exact) mass is 608 g/mol. The molecule has 0 aromatic heterocycles. The number of benzene rings is 3. The molecule has 0 radical (unpaired) electrons. The Kier molecular flexibility index (Phi) is 16.9. The summed E-state index contributed by atoms with van der Waals surface area (Å²) in [4.78, 5) is 24.7. The molecule has 0 spiro atoms. The number of aromatic hydroxyl groups is 4. The first kappa shape index (κ1) is 36.0. The molecule has 0 aliphatic carbocycles. The third-order valence-electron chi connectivity index (χ3n) is 7.14. The second-order valence-corrected chi connectivity index (χ2v) is 10.7. The maximum Gasteiger partial charge on any atom is 0.339 e. The number of phenols is 4. The van der Waals surface area contributed by atoms with Crippen LogP contribution in [0.4, 0.5) is 0 Å². The van der Waals surface area contributed by atoms with Gasteiger partial charge in [-0.05, 0) is 36.6 Å². The summed E-state index contributed by atoms with van der Waals surface area (Å²) in [5.41, 5.74) is 1.47. The molecule has 0 bridgehead atoms. The van der Waals surface area contributed by atoms with Crippen molar-refractivity contribution in [2.45, 2.75) is 90.9 Å².